The van der Waals surface area contributed by atoms with Crippen molar-refractivity contribution in [1.29, 1.82) is 0 Å². The molecule has 0 saturated heterocycles. The number of unbranched alkanes of at least 4 members (excludes halogenated alkanes) is 10. The molecule has 0 aromatic rings. The monoisotopic (exact) mass is 320 g/mol. The summed E-state index contributed by atoms with van der Waals surface area (Å²) in [4.78, 5) is 0. The first-order chi connectivity index (χ1) is 10.1. The van der Waals surface area contributed by atoms with E-state index in [2.05, 4.69) is 23.3 Å². The summed E-state index contributed by atoms with van der Waals surface area (Å²) in [5.41, 5.74) is 0. The van der Waals surface area contributed by atoms with Gasteiger partial charge in [-0.3, -0.25) is 4.55 Å². The lowest BCUT2D eigenvalue weighted by Crippen LogP contribution is -2.04. The molecule has 0 rings (SSSR count). The quantitative estimate of drug-likeness (QED) is 0.260. The van der Waals surface area contributed by atoms with Crippen molar-refractivity contribution in [2.24, 2.45) is 0 Å². The van der Waals surface area contributed by atoms with Crippen LogP contribution >= 0.6 is 0 Å². The topological polar surface area (TPSA) is 63.6 Å². The van der Waals surface area contributed by atoms with Crippen molar-refractivity contribution in [2.45, 2.75) is 84.0 Å². The predicted molar refractivity (Wildman–Crippen MR) is 87.7 cm³/mol. The zero-order valence-corrected chi connectivity index (χ0v) is 14.2. The standard InChI is InChI=1S/C16H32O4S/c1-2-3-4-5-6-7-8-9-10-11-12-13-14-15-16-20-21(17,18)19/h7-8H,2-6,9-16H2,1H3,(H,17,18,19)/b8-7-. The van der Waals surface area contributed by atoms with Gasteiger partial charge in [0.05, 0.1) is 6.61 Å². The molecule has 0 bridgehead atoms. The molecule has 1 N–H and O–H groups in total. The normalized spacial score (nSPS) is 12.3. The molecule has 0 atom stereocenters. The molecule has 0 fully saturated rings. The first-order valence-corrected chi connectivity index (χ1v) is 9.69. The van der Waals surface area contributed by atoms with Crippen LogP contribution in [0.5, 0.6) is 0 Å². The van der Waals surface area contributed by atoms with Gasteiger partial charge >= 0.3 is 10.4 Å². The van der Waals surface area contributed by atoms with Crippen molar-refractivity contribution >= 4 is 10.4 Å². The summed E-state index contributed by atoms with van der Waals surface area (Å²) in [5.74, 6) is 0. The van der Waals surface area contributed by atoms with E-state index < -0.39 is 10.4 Å². The summed E-state index contributed by atoms with van der Waals surface area (Å²) in [6.45, 7) is 2.32. The Morgan fingerprint density at radius 3 is 1.81 bits per heavy atom. The summed E-state index contributed by atoms with van der Waals surface area (Å²) in [5, 5.41) is 0. The van der Waals surface area contributed by atoms with Crippen molar-refractivity contribution in [2.75, 3.05) is 6.61 Å². The van der Waals surface area contributed by atoms with Gasteiger partial charge in [-0.1, -0.05) is 64.0 Å². The third-order valence-corrected chi connectivity index (χ3v) is 3.85. The number of hydrogen-bond acceptors (Lipinski definition) is 3. The van der Waals surface area contributed by atoms with Crippen molar-refractivity contribution in [3.63, 3.8) is 0 Å². The second-order valence-electron chi connectivity index (χ2n) is 5.48. The van der Waals surface area contributed by atoms with Gasteiger partial charge in [0.1, 0.15) is 0 Å². The second-order valence-corrected chi connectivity index (χ2v) is 6.57. The summed E-state index contributed by atoms with van der Waals surface area (Å²) >= 11 is 0. The van der Waals surface area contributed by atoms with Gasteiger partial charge in [-0.05, 0) is 32.1 Å². The lowest BCUT2D eigenvalue weighted by Gasteiger charge is -2.01. The molecular formula is C16H32O4S. The average Bonchev–Trinajstić information content (AvgIpc) is 2.42. The summed E-state index contributed by atoms with van der Waals surface area (Å²) in [7, 11) is -4.25. The highest BCUT2D eigenvalue weighted by atomic mass is 32.3. The zero-order chi connectivity index (χ0) is 15.8. The maximum Gasteiger partial charge on any atom is 0.397 e. The molecule has 0 aliphatic carbocycles. The lowest BCUT2D eigenvalue weighted by molar-refractivity contribution is 0.261. The first-order valence-electron chi connectivity index (χ1n) is 8.33. The van der Waals surface area contributed by atoms with E-state index in [0.29, 0.717) is 6.42 Å². The molecule has 4 nitrogen and oxygen atoms in total. The third-order valence-electron chi connectivity index (χ3n) is 3.39. The Hall–Kier alpha value is -0.390. The minimum absolute atomic E-state index is 0.0829. The van der Waals surface area contributed by atoms with Gasteiger partial charge < -0.3 is 0 Å². The lowest BCUT2D eigenvalue weighted by atomic mass is 10.1. The highest BCUT2D eigenvalue weighted by molar-refractivity contribution is 7.80. The molecule has 126 valence electrons. The van der Waals surface area contributed by atoms with E-state index in [4.69, 9.17) is 4.55 Å². The van der Waals surface area contributed by atoms with Crippen molar-refractivity contribution in [3.8, 4) is 0 Å². The first kappa shape index (κ1) is 20.6. The van der Waals surface area contributed by atoms with Crippen LogP contribution < -0.4 is 0 Å². The molecule has 0 aromatic heterocycles. The average molecular weight is 320 g/mol. The van der Waals surface area contributed by atoms with Crippen molar-refractivity contribution < 1.29 is 17.2 Å². The maximum atomic E-state index is 10.3. The number of hydrogen-bond donors (Lipinski definition) is 1. The minimum atomic E-state index is -4.25. The van der Waals surface area contributed by atoms with E-state index in [9.17, 15) is 8.42 Å². The summed E-state index contributed by atoms with van der Waals surface area (Å²) in [6, 6.07) is 0. The molecule has 0 aromatic carbocycles. The van der Waals surface area contributed by atoms with Crippen LogP contribution in [0.2, 0.25) is 0 Å². The Kier molecular flexibility index (Phi) is 14.3. The van der Waals surface area contributed by atoms with Gasteiger partial charge in [-0.2, -0.15) is 8.42 Å². The molecule has 0 spiro atoms. The van der Waals surface area contributed by atoms with Crippen LogP contribution in [0.3, 0.4) is 0 Å². The van der Waals surface area contributed by atoms with E-state index in [-0.39, 0.29) is 6.61 Å². The summed E-state index contributed by atoms with van der Waals surface area (Å²) < 4.78 is 33.2. The predicted octanol–water partition coefficient (Wildman–Crippen LogP) is 5.06. The van der Waals surface area contributed by atoms with E-state index in [0.717, 1.165) is 12.8 Å². The fraction of sp³-hybridized carbons (Fsp3) is 0.875. The van der Waals surface area contributed by atoms with Crippen LogP contribution in [-0.2, 0) is 14.6 Å². The third kappa shape index (κ3) is 19.6. The largest absolute Gasteiger partial charge is 0.397 e. The van der Waals surface area contributed by atoms with Crippen molar-refractivity contribution in [1.82, 2.24) is 0 Å². The van der Waals surface area contributed by atoms with E-state index in [1.54, 1.807) is 0 Å². The Labute approximate surface area is 130 Å². The highest BCUT2D eigenvalue weighted by Crippen LogP contribution is 2.09. The Morgan fingerprint density at radius 1 is 0.810 bits per heavy atom. The highest BCUT2D eigenvalue weighted by Gasteiger charge is 2.02. The van der Waals surface area contributed by atoms with E-state index in [1.807, 2.05) is 0 Å². The number of rotatable bonds is 15. The van der Waals surface area contributed by atoms with Gasteiger partial charge in [0.15, 0.2) is 0 Å². The maximum absolute atomic E-state index is 10.3. The Morgan fingerprint density at radius 2 is 1.29 bits per heavy atom. The molecule has 21 heavy (non-hydrogen) atoms. The van der Waals surface area contributed by atoms with Crippen LogP contribution in [-0.4, -0.2) is 19.6 Å². The summed E-state index contributed by atoms with van der Waals surface area (Å²) in [6.07, 6.45) is 18.6. The molecule has 0 unspecified atom stereocenters. The van der Waals surface area contributed by atoms with Gasteiger partial charge in [0, 0.05) is 0 Å². The molecule has 0 radical (unpaired) electrons. The van der Waals surface area contributed by atoms with Crippen LogP contribution in [0.25, 0.3) is 0 Å². The van der Waals surface area contributed by atoms with Gasteiger partial charge in [-0.15, -0.1) is 0 Å². The number of allylic oxidation sites excluding steroid dienone is 2. The molecule has 0 aliphatic rings. The van der Waals surface area contributed by atoms with E-state index in [1.165, 1.54) is 57.8 Å². The second kappa shape index (κ2) is 14.5. The SMILES string of the molecule is CCCCCC/C=C\CCCCCCCCOS(=O)(=O)O. The molecule has 0 saturated carbocycles. The van der Waals surface area contributed by atoms with Gasteiger partial charge in [-0.25, -0.2) is 4.18 Å². The molecule has 0 aliphatic heterocycles. The fourth-order valence-corrected chi connectivity index (χ4v) is 2.49. The van der Waals surface area contributed by atoms with Crippen LogP contribution in [0, 0.1) is 0 Å². The Balaban J connectivity index is 3.13. The molecule has 0 heterocycles. The van der Waals surface area contributed by atoms with E-state index >= 15 is 0 Å². The molecule has 5 heteroatoms. The van der Waals surface area contributed by atoms with Gasteiger partial charge in [0.2, 0.25) is 0 Å². The minimum Gasteiger partial charge on any atom is -0.264 e. The Bertz CT molecular complexity index is 336. The van der Waals surface area contributed by atoms with Crippen molar-refractivity contribution in [3.05, 3.63) is 12.2 Å². The van der Waals surface area contributed by atoms with Gasteiger partial charge in [0.25, 0.3) is 0 Å². The molecular weight excluding hydrogens is 288 g/mol. The van der Waals surface area contributed by atoms with Crippen LogP contribution in [0.4, 0.5) is 0 Å². The molecule has 0 amide bonds. The van der Waals surface area contributed by atoms with Crippen LogP contribution in [0.15, 0.2) is 12.2 Å². The fourth-order valence-electron chi connectivity index (χ4n) is 2.16. The van der Waals surface area contributed by atoms with Crippen LogP contribution in [0.1, 0.15) is 84.0 Å². The zero-order valence-electron chi connectivity index (χ0n) is 13.4. The smallest absolute Gasteiger partial charge is 0.264 e.